The second-order valence-electron chi connectivity index (χ2n) is 4.63. The van der Waals surface area contributed by atoms with Crippen molar-refractivity contribution in [2.24, 2.45) is 0 Å². The van der Waals surface area contributed by atoms with E-state index in [2.05, 4.69) is 0 Å². The number of alkyl halides is 3. The minimum absolute atomic E-state index is 0.0395. The molecule has 0 radical (unpaired) electrons. The normalized spacial score (nSPS) is 11.5. The second kappa shape index (κ2) is 6.72. The quantitative estimate of drug-likeness (QED) is 0.752. The topological polar surface area (TPSA) is 20.3 Å². The smallest absolute Gasteiger partial charge is 0.329 e. The second-order valence-corrected chi connectivity index (χ2v) is 4.63. The number of halogens is 4. The van der Waals surface area contributed by atoms with Gasteiger partial charge >= 0.3 is 6.18 Å². The van der Waals surface area contributed by atoms with Crippen LogP contribution in [0.25, 0.3) is 0 Å². The predicted molar refractivity (Wildman–Crippen MR) is 68.0 cm³/mol. The highest BCUT2D eigenvalue weighted by molar-refractivity contribution is 5.94. The molecule has 0 aliphatic heterocycles. The minimum atomic E-state index is -4.50. The Kier molecular flexibility index (Phi) is 5.53. The van der Waals surface area contributed by atoms with Gasteiger partial charge in [-0.1, -0.05) is 25.5 Å². The van der Waals surface area contributed by atoms with Gasteiger partial charge in [0.15, 0.2) is 0 Å². The summed E-state index contributed by atoms with van der Waals surface area (Å²) in [6, 6.07) is 4.13. The number of rotatable bonds is 5. The molecule has 20 heavy (non-hydrogen) atoms. The third-order valence-electron chi connectivity index (χ3n) is 2.86. The Hall–Kier alpha value is -1.59. The molecule has 0 spiro atoms. The zero-order valence-electron chi connectivity index (χ0n) is 11.4. The summed E-state index contributed by atoms with van der Waals surface area (Å²) >= 11 is 0. The van der Waals surface area contributed by atoms with E-state index >= 15 is 0 Å². The first-order valence-electron chi connectivity index (χ1n) is 6.37. The summed E-state index contributed by atoms with van der Waals surface area (Å²) < 4.78 is 51.3. The molecule has 1 amide bonds. The van der Waals surface area contributed by atoms with Crippen LogP contribution < -0.4 is 0 Å². The maximum Gasteiger partial charge on any atom is 0.406 e. The zero-order chi connectivity index (χ0) is 15.3. The van der Waals surface area contributed by atoms with Crippen molar-refractivity contribution in [3.63, 3.8) is 0 Å². The van der Waals surface area contributed by atoms with Crippen molar-refractivity contribution in [3.05, 3.63) is 35.1 Å². The van der Waals surface area contributed by atoms with Crippen LogP contribution in [0.5, 0.6) is 0 Å². The van der Waals surface area contributed by atoms with E-state index < -0.39 is 24.4 Å². The van der Waals surface area contributed by atoms with Gasteiger partial charge in [0.2, 0.25) is 0 Å². The Balaban J connectivity index is 3.00. The maximum absolute atomic E-state index is 13.8. The van der Waals surface area contributed by atoms with Crippen LogP contribution in [-0.4, -0.2) is 30.1 Å². The van der Waals surface area contributed by atoms with E-state index in [9.17, 15) is 22.4 Å². The molecule has 1 aromatic carbocycles. The van der Waals surface area contributed by atoms with E-state index in [1.807, 2.05) is 6.92 Å². The Morgan fingerprint density at radius 3 is 2.50 bits per heavy atom. The number of benzene rings is 1. The fraction of sp³-hybridized carbons (Fsp3) is 0.500. The number of amides is 1. The number of unbranched alkanes of at least 4 members (excludes halogenated alkanes) is 1. The SMILES string of the molecule is CCCCN(CC(F)(F)F)C(=O)c1cccc(C)c1F. The number of hydrogen-bond donors (Lipinski definition) is 0. The van der Waals surface area contributed by atoms with E-state index in [-0.39, 0.29) is 17.7 Å². The van der Waals surface area contributed by atoms with Crippen LogP contribution in [-0.2, 0) is 0 Å². The van der Waals surface area contributed by atoms with Crippen molar-refractivity contribution in [3.8, 4) is 0 Å². The fourth-order valence-corrected chi connectivity index (χ4v) is 1.80. The molecule has 1 aromatic rings. The van der Waals surface area contributed by atoms with Crippen molar-refractivity contribution in [1.82, 2.24) is 4.90 Å². The zero-order valence-corrected chi connectivity index (χ0v) is 11.4. The van der Waals surface area contributed by atoms with E-state index in [4.69, 9.17) is 0 Å². The van der Waals surface area contributed by atoms with E-state index in [1.165, 1.54) is 25.1 Å². The highest BCUT2D eigenvalue weighted by Crippen LogP contribution is 2.20. The molecular formula is C14H17F4NO. The van der Waals surface area contributed by atoms with Crippen molar-refractivity contribution in [2.45, 2.75) is 32.9 Å². The lowest BCUT2D eigenvalue weighted by atomic mass is 10.1. The van der Waals surface area contributed by atoms with Gasteiger partial charge in [0.1, 0.15) is 12.4 Å². The van der Waals surface area contributed by atoms with Gasteiger partial charge in [-0.3, -0.25) is 4.79 Å². The molecule has 112 valence electrons. The largest absolute Gasteiger partial charge is 0.406 e. The maximum atomic E-state index is 13.8. The molecule has 0 bridgehead atoms. The van der Waals surface area contributed by atoms with Crippen LogP contribution in [0.3, 0.4) is 0 Å². The van der Waals surface area contributed by atoms with Crippen molar-refractivity contribution >= 4 is 5.91 Å². The highest BCUT2D eigenvalue weighted by Gasteiger charge is 2.33. The first-order valence-corrected chi connectivity index (χ1v) is 6.37. The number of nitrogens with zero attached hydrogens (tertiary/aromatic N) is 1. The molecule has 0 saturated carbocycles. The van der Waals surface area contributed by atoms with Crippen molar-refractivity contribution in [2.75, 3.05) is 13.1 Å². The Labute approximate surface area is 115 Å². The Morgan fingerprint density at radius 1 is 1.30 bits per heavy atom. The molecule has 0 atom stereocenters. The average molecular weight is 291 g/mol. The van der Waals surface area contributed by atoms with Crippen LogP contribution in [0.15, 0.2) is 18.2 Å². The molecule has 0 aromatic heterocycles. The molecule has 0 heterocycles. The van der Waals surface area contributed by atoms with Gasteiger partial charge in [-0.2, -0.15) is 13.2 Å². The average Bonchev–Trinajstić information content (AvgIpc) is 2.35. The third-order valence-corrected chi connectivity index (χ3v) is 2.86. The molecule has 0 unspecified atom stereocenters. The summed E-state index contributed by atoms with van der Waals surface area (Å²) in [6.07, 6.45) is -3.41. The van der Waals surface area contributed by atoms with Crippen LogP contribution in [0.4, 0.5) is 17.6 Å². The van der Waals surface area contributed by atoms with Crippen LogP contribution in [0, 0.1) is 12.7 Å². The van der Waals surface area contributed by atoms with Gasteiger partial charge in [0.05, 0.1) is 5.56 Å². The molecule has 6 heteroatoms. The molecule has 0 saturated heterocycles. The van der Waals surface area contributed by atoms with Gasteiger partial charge in [-0.25, -0.2) is 4.39 Å². The minimum Gasteiger partial charge on any atom is -0.329 e. The van der Waals surface area contributed by atoms with Gasteiger partial charge in [0.25, 0.3) is 5.91 Å². The number of carbonyl (C=O) groups is 1. The first kappa shape index (κ1) is 16.5. The fourth-order valence-electron chi connectivity index (χ4n) is 1.80. The monoisotopic (exact) mass is 291 g/mol. The molecule has 0 aliphatic rings. The Morgan fingerprint density at radius 2 is 1.95 bits per heavy atom. The molecule has 0 fully saturated rings. The summed E-state index contributed by atoms with van der Waals surface area (Å²) in [5.41, 5.74) is -0.0800. The molecule has 0 aliphatic carbocycles. The lowest BCUT2D eigenvalue weighted by Gasteiger charge is -2.24. The standard InChI is InChI=1S/C14H17F4NO/c1-3-4-8-19(9-14(16,17)18)13(20)11-7-5-6-10(2)12(11)15/h5-7H,3-4,8-9H2,1-2H3. The van der Waals surface area contributed by atoms with Crippen molar-refractivity contribution < 1.29 is 22.4 Å². The first-order chi connectivity index (χ1) is 9.26. The van der Waals surface area contributed by atoms with E-state index in [1.54, 1.807) is 0 Å². The van der Waals surface area contributed by atoms with Crippen LogP contribution in [0.1, 0.15) is 35.7 Å². The summed E-state index contributed by atoms with van der Waals surface area (Å²) in [7, 11) is 0. The lowest BCUT2D eigenvalue weighted by Crippen LogP contribution is -2.40. The third kappa shape index (κ3) is 4.51. The number of aryl methyl sites for hydroxylation is 1. The summed E-state index contributed by atoms with van der Waals surface area (Å²) in [5.74, 6) is -1.68. The van der Waals surface area contributed by atoms with Crippen LogP contribution in [0.2, 0.25) is 0 Å². The van der Waals surface area contributed by atoms with E-state index in [0.29, 0.717) is 17.7 Å². The van der Waals surface area contributed by atoms with Gasteiger partial charge in [-0.15, -0.1) is 0 Å². The van der Waals surface area contributed by atoms with Crippen LogP contribution >= 0.6 is 0 Å². The Bertz CT molecular complexity index is 471. The number of hydrogen-bond acceptors (Lipinski definition) is 1. The predicted octanol–water partition coefficient (Wildman–Crippen LogP) is 3.94. The summed E-state index contributed by atoms with van der Waals surface area (Å²) in [5, 5.41) is 0. The van der Waals surface area contributed by atoms with Crippen molar-refractivity contribution in [1.29, 1.82) is 0 Å². The molecular weight excluding hydrogens is 274 g/mol. The van der Waals surface area contributed by atoms with Gasteiger partial charge in [0, 0.05) is 6.54 Å². The van der Waals surface area contributed by atoms with E-state index in [0.717, 1.165) is 0 Å². The number of carbonyl (C=O) groups excluding carboxylic acids is 1. The summed E-state index contributed by atoms with van der Waals surface area (Å²) in [4.78, 5) is 12.7. The van der Waals surface area contributed by atoms with Gasteiger partial charge in [-0.05, 0) is 25.0 Å². The molecule has 1 rings (SSSR count). The summed E-state index contributed by atoms with van der Waals surface area (Å²) in [6.45, 7) is 1.87. The molecule has 2 nitrogen and oxygen atoms in total. The lowest BCUT2D eigenvalue weighted by molar-refractivity contribution is -0.140. The van der Waals surface area contributed by atoms with Gasteiger partial charge < -0.3 is 4.90 Å². The molecule has 0 N–H and O–H groups in total. The highest BCUT2D eigenvalue weighted by atomic mass is 19.4.